The highest BCUT2D eigenvalue weighted by Gasteiger charge is 2.39. The molecule has 0 N–H and O–H groups in total. The molecule has 2 atom stereocenters. The fourth-order valence-electron chi connectivity index (χ4n) is 3.89. The number of morpholine rings is 1. The minimum absolute atomic E-state index is 0.0308. The van der Waals surface area contributed by atoms with Crippen molar-refractivity contribution in [2.75, 3.05) is 19.8 Å². The molecule has 2 heterocycles. The molecule has 1 amide bonds. The zero-order valence-electron chi connectivity index (χ0n) is 16.0. The number of para-hydroxylation sites is 1. The molecule has 146 valence electrons. The predicted molar refractivity (Wildman–Crippen MR) is 107 cm³/mol. The maximum absolute atomic E-state index is 12.8. The number of carbonyl (C=O) groups is 1. The van der Waals surface area contributed by atoms with Gasteiger partial charge in [0.1, 0.15) is 12.4 Å². The minimum Gasteiger partial charge on any atom is -0.493 e. The first-order valence-electron chi connectivity index (χ1n) is 9.76. The number of amides is 1. The second-order valence-electron chi connectivity index (χ2n) is 7.03. The number of ether oxygens (including phenoxy) is 3. The lowest BCUT2D eigenvalue weighted by Gasteiger charge is -2.43. The van der Waals surface area contributed by atoms with Crippen molar-refractivity contribution in [2.24, 2.45) is 0 Å². The molecule has 0 spiro atoms. The molecule has 1 fully saturated rings. The molecule has 0 radical (unpaired) electrons. The topological polar surface area (TPSA) is 48.0 Å². The van der Waals surface area contributed by atoms with Crippen molar-refractivity contribution in [1.82, 2.24) is 4.90 Å². The number of benzene rings is 2. The second kappa shape index (κ2) is 8.48. The van der Waals surface area contributed by atoms with Gasteiger partial charge in [-0.25, -0.2) is 4.79 Å². The van der Waals surface area contributed by atoms with Crippen LogP contribution in [0.5, 0.6) is 5.75 Å². The van der Waals surface area contributed by atoms with Gasteiger partial charge < -0.3 is 14.2 Å². The van der Waals surface area contributed by atoms with Gasteiger partial charge >= 0.3 is 6.09 Å². The first-order valence-corrected chi connectivity index (χ1v) is 9.76. The summed E-state index contributed by atoms with van der Waals surface area (Å²) in [7, 11) is 0. The van der Waals surface area contributed by atoms with Gasteiger partial charge in [0, 0.05) is 5.56 Å². The molecule has 1 saturated heterocycles. The molecule has 0 saturated carbocycles. The van der Waals surface area contributed by atoms with E-state index in [0.29, 0.717) is 19.8 Å². The summed E-state index contributed by atoms with van der Waals surface area (Å²) in [6.07, 6.45) is 2.56. The average Bonchev–Trinajstić information content (AvgIpc) is 2.72. The molecule has 2 bridgehead atoms. The van der Waals surface area contributed by atoms with Crippen molar-refractivity contribution >= 4 is 11.7 Å². The summed E-state index contributed by atoms with van der Waals surface area (Å²) < 4.78 is 17.1. The molecule has 0 aromatic heterocycles. The fourth-order valence-corrected chi connectivity index (χ4v) is 3.89. The van der Waals surface area contributed by atoms with Crippen LogP contribution in [-0.2, 0) is 16.1 Å². The zero-order chi connectivity index (χ0) is 19.3. The van der Waals surface area contributed by atoms with Crippen LogP contribution in [0.3, 0.4) is 0 Å². The van der Waals surface area contributed by atoms with E-state index in [1.54, 1.807) is 0 Å². The quantitative estimate of drug-likeness (QED) is 0.778. The molecule has 5 heteroatoms. The van der Waals surface area contributed by atoms with Crippen LogP contribution in [0, 0.1) is 0 Å². The Bertz CT molecular complexity index is 849. The monoisotopic (exact) mass is 379 g/mol. The van der Waals surface area contributed by atoms with Crippen LogP contribution in [0.4, 0.5) is 4.79 Å². The number of fused-ring (bicyclic) bond motifs is 2. The van der Waals surface area contributed by atoms with Crippen molar-refractivity contribution in [2.45, 2.75) is 32.0 Å². The van der Waals surface area contributed by atoms with E-state index in [1.165, 1.54) is 5.57 Å². The molecule has 4 rings (SSSR count). The third kappa shape index (κ3) is 3.90. The maximum atomic E-state index is 12.8. The fraction of sp³-hybridized carbons (Fsp3) is 0.348. The van der Waals surface area contributed by atoms with E-state index < -0.39 is 0 Å². The van der Waals surface area contributed by atoms with Crippen molar-refractivity contribution < 1.29 is 19.0 Å². The highest BCUT2D eigenvalue weighted by Crippen LogP contribution is 2.36. The summed E-state index contributed by atoms with van der Waals surface area (Å²) >= 11 is 0. The van der Waals surface area contributed by atoms with Gasteiger partial charge in [-0.1, -0.05) is 54.6 Å². The molecule has 5 nitrogen and oxygen atoms in total. The molecule has 2 unspecified atom stereocenters. The van der Waals surface area contributed by atoms with E-state index in [0.717, 1.165) is 23.3 Å². The summed E-state index contributed by atoms with van der Waals surface area (Å²) in [6, 6.07) is 17.7. The Labute approximate surface area is 165 Å². The first-order chi connectivity index (χ1) is 13.8. The highest BCUT2D eigenvalue weighted by atomic mass is 16.6. The second-order valence-corrected chi connectivity index (χ2v) is 7.03. The average molecular weight is 379 g/mol. The Hall–Kier alpha value is -2.79. The summed E-state index contributed by atoms with van der Waals surface area (Å²) in [5.41, 5.74) is 3.28. The molecule has 2 aliphatic rings. The third-order valence-electron chi connectivity index (χ3n) is 5.15. The summed E-state index contributed by atoms with van der Waals surface area (Å²) in [5.74, 6) is 0.885. The molecular weight excluding hydrogens is 354 g/mol. The molecule has 2 aromatic rings. The normalized spacial score (nSPS) is 21.0. The Morgan fingerprint density at radius 3 is 2.68 bits per heavy atom. The van der Waals surface area contributed by atoms with Crippen molar-refractivity contribution in [3.63, 3.8) is 0 Å². The van der Waals surface area contributed by atoms with Crippen molar-refractivity contribution in [1.29, 1.82) is 0 Å². The van der Waals surface area contributed by atoms with Gasteiger partial charge in [-0.15, -0.1) is 0 Å². The van der Waals surface area contributed by atoms with Crippen LogP contribution in [-0.4, -0.2) is 42.9 Å². The van der Waals surface area contributed by atoms with E-state index in [2.05, 4.69) is 12.1 Å². The summed E-state index contributed by atoms with van der Waals surface area (Å²) in [5, 5.41) is 0. The molecule has 28 heavy (non-hydrogen) atoms. The zero-order valence-corrected chi connectivity index (χ0v) is 16.0. The minimum atomic E-state index is -0.282. The highest BCUT2D eigenvalue weighted by molar-refractivity contribution is 5.76. The Kier molecular flexibility index (Phi) is 5.63. The Morgan fingerprint density at radius 1 is 1.11 bits per heavy atom. The number of nitrogens with zero attached hydrogens (tertiary/aromatic N) is 1. The van der Waals surface area contributed by atoms with Gasteiger partial charge in [0.2, 0.25) is 0 Å². The SMILES string of the molecule is CCOc1ccccc1C1=CC2COCC(C1)N2C(=O)OCc1ccccc1. The van der Waals surface area contributed by atoms with Gasteiger partial charge in [0.25, 0.3) is 0 Å². The third-order valence-corrected chi connectivity index (χ3v) is 5.15. The van der Waals surface area contributed by atoms with E-state index in [4.69, 9.17) is 14.2 Å². The van der Waals surface area contributed by atoms with E-state index in [9.17, 15) is 4.79 Å². The van der Waals surface area contributed by atoms with Crippen molar-refractivity contribution in [3.8, 4) is 5.75 Å². The van der Waals surface area contributed by atoms with E-state index in [-0.39, 0.29) is 24.8 Å². The van der Waals surface area contributed by atoms with Gasteiger partial charge in [-0.3, -0.25) is 4.90 Å². The van der Waals surface area contributed by atoms with Gasteiger partial charge in [-0.05, 0) is 30.5 Å². The molecule has 2 aliphatic heterocycles. The molecular formula is C23H25NO4. The lowest BCUT2D eigenvalue weighted by Crippen LogP contribution is -2.56. The van der Waals surface area contributed by atoms with Crippen LogP contribution in [0.25, 0.3) is 5.57 Å². The Morgan fingerprint density at radius 2 is 1.89 bits per heavy atom. The van der Waals surface area contributed by atoms with Gasteiger partial charge in [0.05, 0.1) is 31.9 Å². The standard InChI is InChI=1S/C23H25NO4/c1-2-27-22-11-7-6-10-21(22)18-12-19-15-26-16-20(13-18)24(19)23(25)28-14-17-8-4-3-5-9-17/h3-12,19-20H,2,13-16H2,1H3. The molecule has 2 aromatic carbocycles. The van der Waals surface area contributed by atoms with Crippen LogP contribution in [0.15, 0.2) is 60.7 Å². The van der Waals surface area contributed by atoms with Gasteiger partial charge in [-0.2, -0.15) is 0 Å². The maximum Gasteiger partial charge on any atom is 0.411 e. The first kappa shape index (κ1) is 18.6. The molecule has 0 aliphatic carbocycles. The van der Waals surface area contributed by atoms with Crippen LogP contribution < -0.4 is 4.74 Å². The number of carbonyl (C=O) groups excluding carboxylic acids is 1. The number of hydrogen-bond acceptors (Lipinski definition) is 4. The summed E-state index contributed by atoms with van der Waals surface area (Å²) in [4.78, 5) is 14.6. The van der Waals surface area contributed by atoms with Crippen LogP contribution in [0.1, 0.15) is 24.5 Å². The smallest absolute Gasteiger partial charge is 0.411 e. The largest absolute Gasteiger partial charge is 0.493 e. The van der Waals surface area contributed by atoms with E-state index >= 15 is 0 Å². The van der Waals surface area contributed by atoms with Crippen LogP contribution in [0.2, 0.25) is 0 Å². The van der Waals surface area contributed by atoms with E-state index in [1.807, 2.05) is 60.4 Å². The summed E-state index contributed by atoms with van der Waals surface area (Å²) in [6.45, 7) is 3.89. The number of rotatable bonds is 5. The lowest BCUT2D eigenvalue weighted by molar-refractivity contribution is -0.0342. The van der Waals surface area contributed by atoms with Crippen LogP contribution >= 0.6 is 0 Å². The Balaban J connectivity index is 1.52. The van der Waals surface area contributed by atoms with Gasteiger partial charge in [0.15, 0.2) is 0 Å². The van der Waals surface area contributed by atoms with Crippen molar-refractivity contribution in [3.05, 3.63) is 71.8 Å². The number of hydrogen-bond donors (Lipinski definition) is 0. The lowest BCUT2D eigenvalue weighted by atomic mass is 9.89. The predicted octanol–water partition coefficient (Wildman–Crippen LogP) is 4.28.